The van der Waals surface area contributed by atoms with Gasteiger partial charge in [-0.2, -0.15) is 0 Å². The predicted molar refractivity (Wildman–Crippen MR) is 109 cm³/mol. The third-order valence-electron chi connectivity index (χ3n) is 7.63. The molecule has 5 rings (SSSR count). The number of carbonyl (C=O) groups is 2. The first kappa shape index (κ1) is 18.9. The summed E-state index contributed by atoms with van der Waals surface area (Å²) < 4.78 is 5.85. The van der Waals surface area contributed by atoms with E-state index in [0.29, 0.717) is 32.1 Å². The van der Waals surface area contributed by atoms with Gasteiger partial charge < -0.3 is 19.9 Å². The van der Waals surface area contributed by atoms with Crippen LogP contribution in [-0.2, 0) is 16.0 Å². The van der Waals surface area contributed by atoms with Crippen LogP contribution in [0.5, 0.6) is 0 Å². The van der Waals surface area contributed by atoms with Crippen molar-refractivity contribution in [2.75, 3.05) is 39.3 Å². The number of nitrogens with one attached hydrogen (secondary N) is 1. The SMILES string of the molecule is O=C1OC2(CCN(C(=O)[C@H]3CC34CCNCC4)CC2)CN1CCc1ccccc1. The fourth-order valence-electron chi connectivity index (χ4n) is 5.56. The van der Waals surface area contributed by atoms with E-state index in [0.717, 1.165) is 51.6 Å². The lowest BCUT2D eigenvalue weighted by molar-refractivity contribution is -0.137. The third kappa shape index (κ3) is 3.63. The fourth-order valence-corrected chi connectivity index (χ4v) is 5.56. The van der Waals surface area contributed by atoms with E-state index in [1.54, 1.807) is 0 Å². The van der Waals surface area contributed by atoms with Gasteiger partial charge in [0.25, 0.3) is 0 Å². The minimum absolute atomic E-state index is 0.198. The third-order valence-corrected chi connectivity index (χ3v) is 7.63. The van der Waals surface area contributed by atoms with Gasteiger partial charge in [-0.25, -0.2) is 4.79 Å². The zero-order valence-corrected chi connectivity index (χ0v) is 17.1. The van der Waals surface area contributed by atoms with Crippen molar-refractivity contribution in [2.45, 2.75) is 44.1 Å². The molecule has 2 spiro atoms. The molecule has 1 aromatic carbocycles. The van der Waals surface area contributed by atoms with Gasteiger partial charge in [-0.05, 0) is 49.8 Å². The number of nitrogens with zero attached hydrogens (tertiary/aromatic N) is 2. The minimum atomic E-state index is -0.402. The van der Waals surface area contributed by atoms with Gasteiger partial charge in [-0.3, -0.25) is 4.79 Å². The molecule has 3 heterocycles. The summed E-state index contributed by atoms with van der Waals surface area (Å²) in [7, 11) is 0. The molecule has 2 amide bonds. The molecule has 0 unspecified atom stereocenters. The Bertz CT molecular complexity index is 767. The molecule has 1 aromatic rings. The van der Waals surface area contributed by atoms with Gasteiger partial charge in [0.1, 0.15) is 5.60 Å². The molecule has 3 saturated heterocycles. The Hall–Kier alpha value is -2.08. The van der Waals surface area contributed by atoms with Crippen LogP contribution in [0.3, 0.4) is 0 Å². The van der Waals surface area contributed by atoms with E-state index in [9.17, 15) is 9.59 Å². The number of carbonyl (C=O) groups excluding carboxylic acids is 2. The molecule has 0 bridgehead atoms. The summed E-state index contributed by atoms with van der Waals surface area (Å²) in [5.41, 5.74) is 1.12. The molecule has 29 heavy (non-hydrogen) atoms. The first-order chi connectivity index (χ1) is 14.1. The smallest absolute Gasteiger partial charge is 0.410 e. The van der Waals surface area contributed by atoms with Crippen molar-refractivity contribution in [3.63, 3.8) is 0 Å². The van der Waals surface area contributed by atoms with Gasteiger partial charge in [-0.1, -0.05) is 30.3 Å². The van der Waals surface area contributed by atoms with Crippen molar-refractivity contribution in [2.24, 2.45) is 11.3 Å². The summed E-state index contributed by atoms with van der Waals surface area (Å²) in [4.78, 5) is 29.3. The zero-order valence-electron chi connectivity index (χ0n) is 17.1. The van der Waals surface area contributed by atoms with E-state index >= 15 is 0 Å². The van der Waals surface area contributed by atoms with E-state index < -0.39 is 5.60 Å². The molecule has 1 aliphatic carbocycles. The van der Waals surface area contributed by atoms with Gasteiger partial charge in [0.15, 0.2) is 0 Å². The van der Waals surface area contributed by atoms with E-state index in [1.807, 2.05) is 28.0 Å². The Labute approximate surface area is 172 Å². The fraction of sp³-hybridized carbons (Fsp3) is 0.652. The van der Waals surface area contributed by atoms with Crippen molar-refractivity contribution in [3.05, 3.63) is 35.9 Å². The van der Waals surface area contributed by atoms with Crippen LogP contribution in [0.25, 0.3) is 0 Å². The normalized spacial score (nSPS) is 27.3. The summed E-state index contributed by atoms with van der Waals surface area (Å²) in [6, 6.07) is 10.2. The highest BCUT2D eigenvalue weighted by molar-refractivity contribution is 5.83. The van der Waals surface area contributed by atoms with Crippen molar-refractivity contribution < 1.29 is 14.3 Å². The van der Waals surface area contributed by atoms with Crippen LogP contribution in [0.15, 0.2) is 30.3 Å². The molecule has 3 aliphatic heterocycles. The van der Waals surface area contributed by atoms with E-state index in [1.165, 1.54) is 5.56 Å². The number of hydrogen-bond donors (Lipinski definition) is 1. The molecule has 0 aromatic heterocycles. The van der Waals surface area contributed by atoms with E-state index in [-0.39, 0.29) is 17.4 Å². The van der Waals surface area contributed by atoms with Crippen molar-refractivity contribution in [1.82, 2.24) is 15.1 Å². The maximum atomic E-state index is 13.0. The highest BCUT2D eigenvalue weighted by Crippen LogP contribution is 2.59. The number of benzene rings is 1. The number of hydrogen-bond acceptors (Lipinski definition) is 4. The lowest BCUT2D eigenvalue weighted by Crippen LogP contribution is -2.49. The van der Waals surface area contributed by atoms with Gasteiger partial charge in [0, 0.05) is 38.4 Å². The molecule has 6 nitrogen and oxygen atoms in total. The van der Waals surface area contributed by atoms with Crippen LogP contribution in [-0.4, -0.2) is 66.7 Å². The van der Waals surface area contributed by atoms with Crippen LogP contribution in [0.1, 0.15) is 37.7 Å². The van der Waals surface area contributed by atoms with Gasteiger partial charge in [0.2, 0.25) is 5.91 Å². The van der Waals surface area contributed by atoms with Gasteiger partial charge in [-0.15, -0.1) is 0 Å². The van der Waals surface area contributed by atoms with Crippen LogP contribution < -0.4 is 5.32 Å². The van der Waals surface area contributed by atoms with E-state index in [4.69, 9.17) is 4.74 Å². The molecule has 1 atom stereocenters. The summed E-state index contributed by atoms with van der Waals surface area (Å²) in [5.74, 6) is 0.569. The largest absolute Gasteiger partial charge is 0.441 e. The van der Waals surface area contributed by atoms with Gasteiger partial charge in [0.05, 0.1) is 6.54 Å². The maximum Gasteiger partial charge on any atom is 0.410 e. The first-order valence-corrected chi connectivity index (χ1v) is 11.1. The highest BCUT2D eigenvalue weighted by Gasteiger charge is 2.59. The Morgan fingerprint density at radius 3 is 2.55 bits per heavy atom. The Morgan fingerprint density at radius 2 is 1.83 bits per heavy atom. The second-order valence-corrected chi connectivity index (χ2v) is 9.40. The number of likely N-dealkylation sites (tertiary alicyclic amines) is 1. The first-order valence-electron chi connectivity index (χ1n) is 11.1. The topological polar surface area (TPSA) is 61.9 Å². The number of ether oxygens (including phenoxy) is 1. The standard InChI is InChI=1S/C23H31N3O3/c27-20(19-16-22(19)7-11-24-12-8-22)25-14-9-23(10-15-25)17-26(21(28)29-23)13-6-18-4-2-1-3-5-18/h1-5,19,24H,6-17H2/t19-/m1/s1. The van der Waals surface area contributed by atoms with Crippen LogP contribution in [0.2, 0.25) is 0 Å². The lowest BCUT2D eigenvalue weighted by atomic mass is 9.89. The summed E-state index contributed by atoms with van der Waals surface area (Å²) in [6.45, 7) is 4.85. The predicted octanol–water partition coefficient (Wildman–Crippen LogP) is 2.43. The molecule has 1 N–H and O–H groups in total. The molecule has 0 radical (unpaired) electrons. The zero-order chi connectivity index (χ0) is 19.9. The monoisotopic (exact) mass is 397 g/mol. The molecule has 4 fully saturated rings. The minimum Gasteiger partial charge on any atom is -0.441 e. The molecular formula is C23H31N3O3. The summed E-state index contributed by atoms with van der Waals surface area (Å²) in [5, 5.41) is 3.40. The van der Waals surface area contributed by atoms with Crippen LogP contribution in [0, 0.1) is 11.3 Å². The molecule has 6 heteroatoms. The number of amides is 2. The van der Waals surface area contributed by atoms with Gasteiger partial charge >= 0.3 is 6.09 Å². The Morgan fingerprint density at radius 1 is 1.10 bits per heavy atom. The molecule has 156 valence electrons. The van der Waals surface area contributed by atoms with Crippen molar-refractivity contribution >= 4 is 12.0 Å². The van der Waals surface area contributed by atoms with Crippen molar-refractivity contribution in [3.8, 4) is 0 Å². The lowest BCUT2D eigenvalue weighted by Gasteiger charge is -2.38. The highest BCUT2D eigenvalue weighted by atomic mass is 16.6. The number of rotatable bonds is 4. The average Bonchev–Trinajstić information content (AvgIpc) is 3.35. The quantitative estimate of drug-likeness (QED) is 0.848. The number of piperidine rings is 2. The summed E-state index contributed by atoms with van der Waals surface area (Å²) in [6.07, 6.45) is 5.50. The average molecular weight is 398 g/mol. The molecule has 4 aliphatic rings. The van der Waals surface area contributed by atoms with Crippen LogP contribution in [0.4, 0.5) is 4.79 Å². The van der Waals surface area contributed by atoms with Crippen LogP contribution >= 0.6 is 0 Å². The Kier molecular flexibility index (Phi) is 4.77. The summed E-state index contributed by atoms with van der Waals surface area (Å²) >= 11 is 0. The molecule has 1 saturated carbocycles. The Balaban J connectivity index is 1.13. The molecular weight excluding hydrogens is 366 g/mol. The maximum absolute atomic E-state index is 13.0. The van der Waals surface area contributed by atoms with E-state index in [2.05, 4.69) is 17.4 Å². The second-order valence-electron chi connectivity index (χ2n) is 9.40. The second kappa shape index (κ2) is 7.31. The van der Waals surface area contributed by atoms with Crippen molar-refractivity contribution in [1.29, 1.82) is 0 Å².